The van der Waals surface area contributed by atoms with Crippen molar-refractivity contribution >= 4 is 17.7 Å². The fourth-order valence-electron chi connectivity index (χ4n) is 2.10. The third kappa shape index (κ3) is 4.61. The second-order valence-corrected chi connectivity index (χ2v) is 5.14. The lowest BCUT2D eigenvalue weighted by atomic mass is 10.2. The molecule has 4 nitrogen and oxygen atoms in total. The third-order valence-electron chi connectivity index (χ3n) is 3.31. The molecule has 0 unspecified atom stereocenters. The molecule has 0 aliphatic rings. The van der Waals surface area contributed by atoms with Crippen molar-refractivity contribution < 1.29 is 13.9 Å². The van der Waals surface area contributed by atoms with Gasteiger partial charge in [-0.25, -0.2) is 0 Å². The van der Waals surface area contributed by atoms with E-state index in [0.717, 1.165) is 11.3 Å². The van der Waals surface area contributed by atoms with E-state index >= 15 is 0 Å². The largest absolute Gasteiger partial charge is 0.489 e. The highest BCUT2D eigenvalue weighted by Crippen LogP contribution is 2.17. The molecule has 1 N–H and O–H groups in total. The van der Waals surface area contributed by atoms with Gasteiger partial charge in [0.2, 0.25) is 5.91 Å². The van der Waals surface area contributed by atoms with Crippen LogP contribution < -0.4 is 10.1 Å². The molecular formula is C20H17NO3. The Balaban J connectivity index is 1.51. The lowest BCUT2D eigenvalue weighted by Crippen LogP contribution is -2.07. The standard InChI is InChI=1S/C20H17NO3/c22-20(13-12-18-7-4-14-23-18)21-17-8-10-19(11-9-17)24-15-16-5-2-1-3-6-16/h1-14H,15H2,(H,21,22)/b13-12+. The average molecular weight is 319 g/mol. The van der Waals surface area contributed by atoms with Crippen molar-refractivity contribution in [2.75, 3.05) is 5.32 Å². The lowest BCUT2D eigenvalue weighted by Gasteiger charge is -2.07. The van der Waals surface area contributed by atoms with E-state index in [4.69, 9.17) is 9.15 Å². The van der Waals surface area contributed by atoms with Gasteiger partial charge in [-0.1, -0.05) is 30.3 Å². The van der Waals surface area contributed by atoms with Crippen molar-refractivity contribution in [3.63, 3.8) is 0 Å². The van der Waals surface area contributed by atoms with Gasteiger partial charge in [-0.3, -0.25) is 4.79 Å². The van der Waals surface area contributed by atoms with Gasteiger partial charge in [0.15, 0.2) is 0 Å². The number of carbonyl (C=O) groups excluding carboxylic acids is 1. The molecular weight excluding hydrogens is 302 g/mol. The van der Waals surface area contributed by atoms with E-state index in [0.29, 0.717) is 18.1 Å². The number of furan rings is 1. The van der Waals surface area contributed by atoms with Gasteiger partial charge in [0.05, 0.1) is 6.26 Å². The van der Waals surface area contributed by atoms with Gasteiger partial charge in [-0.2, -0.15) is 0 Å². The Bertz CT molecular complexity index is 791. The quantitative estimate of drug-likeness (QED) is 0.680. The molecule has 4 heteroatoms. The van der Waals surface area contributed by atoms with Crippen LogP contribution in [-0.2, 0) is 11.4 Å². The minimum Gasteiger partial charge on any atom is -0.489 e. The third-order valence-corrected chi connectivity index (χ3v) is 3.31. The number of benzene rings is 2. The molecule has 0 saturated carbocycles. The number of anilines is 1. The Labute approximate surface area is 140 Å². The topological polar surface area (TPSA) is 51.5 Å². The molecule has 1 amide bonds. The van der Waals surface area contributed by atoms with Crippen molar-refractivity contribution in [2.45, 2.75) is 6.61 Å². The molecule has 3 rings (SSSR count). The normalized spacial score (nSPS) is 10.7. The number of ether oxygens (including phenoxy) is 1. The zero-order valence-electron chi connectivity index (χ0n) is 13.0. The zero-order valence-corrected chi connectivity index (χ0v) is 13.0. The minimum atomic E-state index is -0.218. The van der Waals surface area contributed by atoms with Gasteiger partial charge < -0.3 is 14.5 Å². The van der Waals surface area contributed by atoms with Crippen LogP contribution in [0, 0.1) is 0 Å². The molecule has 0 aliphatic carbocycles. The summed E-state index contributed by atoms with van der Waals surface area (Å²) in [5, 5.41) is 2.78. The van der Waals surface area contributed by atoms with Gasteiger partial charge >= 0.3 is 0 Å². The summed E-state index contributed by atoms with van der Waals surface area (Å²) in [5.74, 6) is 1.17. The highest BCUT2D eigenvalue weighted by molar-refractivity contribution is 6.01. The molecule has 1 aromatic heterocycles. The van der Waals surface area contributed by atoms with Crippen LogP contribution in [0.5, 0.6) is 5.75 Å². The van der Waals surface area contributed by atoms with Crippen molar-refractivity contribution in [2.24, 2.45) is 0 Å². The fourth-order valence-corrected chi connectivity index (χ4v) is 2.10. The van der Waals surface area contributed by atoms with Crippen LogP contribution in [0.1, 0.15) is 11.3 Å². The monoisotopic (exact) mass is 319 g/mol. The first-order chi connectivity index (χ1) is 11.8. The summed E-state index contributed by atoms with van der Waals surface area (Å²) in [4.78, 5) is 11.8. The van der Waals surface area contributed by atoms with Crippen LogP contribution >= 0.6 is 0 Å². The molecule has 2 aromatic carbocycles. The lowest BCUT2D eigenvalue weighted by molar-refractivity contribution is -0.111. The number of amides is 1. The summed E-state index contributed by atoms with van der Waals surface area (Å²) in [7, 11) is 0. The Morgan fingerprint density at radius 2 is 1.79 bits per heavy atom. The Kier molecular flexibility index (Phi) is 5.10. The SMILES string of the molecule is O=C(/C=C/c1ccco1)Nc1ccc(OCc2ccccc2)cc1. The van der Waals surface area contributed by atoms with Crippen LogP contribution in [0.4, 0.5) is 5.69 Å². The molecule has 0 saturated heterocycles. The molecule has 3 aromatic rings. The number of carbonyl (C=O) groups is 1. The summed E-state index contributed by atoms with van der Waals surface area (Å²) >= 11 is 0. The number of rotatable bonds is 6. The molecule has 120 valence electrons. The van der Waals surface area contributed by atoms with Crippen LogP contribution in [0.2, 0.25) is 0 Å². The van der Waals surface area contributed by atoms with Crippen molar-refractivity contribution in [1.29, 1.82) is 0 Å². The van der Waals surface area contributed by atoms with Gasteiger partial charge in [0, 0.05) is 11.8 Å². The maximum Gasteiger partial charge on any atom is 0.248 e. The molecule has 0 fully saturated rings. The van der Waals surface area contributed by atoms with E-state index in [1.165, 1.54) is 6.08 Å². The number of nitrogens with one attached hydrogen (secondary N) is 1. The van der Waals surface area contributed by atoms with Gasteiger partial charge in [0.1, 0.15) is 18.1 Å². The van der Waals surface area contributed by atoms with Crippen LogP contribution in [-0.4, -0.2) is 5.91 Å². The van der Waals surface area contributed by atoms with Gasteiger partial charge in [-0.05, 0) is 48.0 Å². The van der Waals surface area contributed by atoms with E-state index < -0.39 is 0 Å². The van der Waals surface area contributed by atoms with Crippen molar-refractivity contribution in [3.05, 3.63) is 90.4 Å². The smallest absolute Gasteiger partial charge is 0.248 e. The van der Waals surface area contributed by atoms with Crippen LogP contribution in [0.25, 0.3) is 6.08 Å². The van der Waals surface area contributed by atoms with Crippen molar-refractivity contribution in [3.8, 4) is 5.75 Å². The molecule has 1 heterocycles. The molecule has 0 bridgehead atoms. The van der Waals surface area contributed by atoms with Crippen molar-refractivity contribution in [1.82, 2.24) is 0 Å². The summed E-state index contributed by atoms with van der Waals surface area (Å²) in [5.41, 5.74) is 1.81. The van der Waals surface area contributed by atoms with E-state index in [2.05, 4.69) is 5.32 Å². The van der Waals surface area contributed by atoms with Gasteiger partial charge in [0.25, 0.3) is 0 Å². The molecule has 0 radical (unpaired) electrons. The van der Waals surface area contributed by atoms with E-state index in [-0.39, 0.29) is 5.91 Å². The summed E-state index contributed by atoms with van der Waals surface area (Å²) < 4.78 is 10.8. The maximum absolute atomic E-state index is 11.8. The van der Waals surface area contributed by atoms with Crippen LogP contribution in [0.15, 0.2) is 83.5 Å². The highest BCUT2D eigenvalue weighted by Gasteiger charge is 2.00. The number of hydrogen-bond acceptors (Lipinski definition) is 3. The minimum absolute atomic E-state index is 0.218. The second-order valence-electron chi connectivity index (χ2n) is 5.14. The fraction of sp³-hybridized carbons (Fsp3) is 0.0500. The Hall–Kier alpha value is -3.27. The molecule has 24 heavy (non-hydrogen) atoms. The Morgan fingerprint density at radius 3 is 2.50 bits per heavy atom. The predicted octanol–water partition coefficient (Wildman–Crippen LogP) is 4.51. The Morgan fingerprint density at radius 1 is 1.00 bits per heavy atom. The summed E-state index contributed by atoms with van der Waals surface area (Å²) in [6, 6.07) is 20.8. The first-order valence-corrected chi connectivity index (χ1v) is 7.59. The van der Waals surface area contributed by atoms with Crippen LogP contribution in [0.3, 0.4) is 0 Å². The highest BCUT2D eigenvalue weighted by atomic mass is 16.5. The molecule has 0 atom stereocenters. The number of hydrogen-bond donors (Lipinski definition) is 1. The first-order valence-electron chi connectivity index (χ1n) is 7.59. The second kappa shape index (κ2) is 7.83. The first kappa shape index (κ1) is 15.6. The van der Waals surface area contributed by atoms with E-state index in [9.17, 15) is 4.79 Å². The van der Waals surface area contributed by atoms with E-state index in [1.807, 2.05) is 42.5 Å². The van der Waals surface area contributed by atoms with Gasteiger partial charge in [-0.15, -0.1) is 0 Å². The summed E-state index contributed by atoms with van der Waals surface area (Å²) in [6.45, 7) is 0.512. The molecule has 0 aliphatic heterocycles. The zero-order chi connectivity index (χ0) is 16.6. The average Bonchev–Trinajstić information content (AvgIpc) is 3.14. The molecule has 0 spiro atoms. The maximum atomic E-state index is 11.8. The van der Waals surface area contributed by atoms with E-state index in [1.54, 1.807) is 36.6 Å². The summed E-state index contributed by atoms with van der Waals surface area (Å²) in [6.07, 6.45) is 4.61. The predicted molar refractivity (Wildman–Crippen MR) is 93.6 cm³/mol.